The Hall–Kier alpha value is -5.26. The average Bonchev–Trinajstić information content (AvgIpc) is 3.73. The minimum Gasteiger partial charge on any atom is -0.425 e. The van der Waals surface area contributed by atoms with Gasteiger partial charge in [-0.2, -0.15) is 10.4 Å². The van der Waals surface area contributed by atoms with E-state index in [9.17, 15) is 23.2 Å². The summed E-state index contributed by atoms with van der Waals surface area (Å²) in [4.78, 5) is 46.9. The third-order valence-electron chi connectivity index (χ3n) is 9.71. The quantitative estimate of drug-likeness (QED) is 0.105. The van der Waals surface area contributed by atoms with Crippen LogP contribution in [-0.2, 0) is 45.4 Å². The highest BCUT2D eigenvalue weighted by molar-refractivity contribution is 8.00. The molecule has 2 fully saturated rings. The van der Waals surface area contributed by atoms with Crippen LogP contribution in [0.2, 0.25) is 0 Å². The Morgan fingerprint density at radius 2 is 1.80 bits per heavy atom. The number of carbonyl (C=O) groups excluding carboxylic acids is 3. The van der Waals surface area contributed by atoms with Gasteiger partial charge < -0.3 is 33.9 Å². The summed E-state index contributed by atoms with van der Waals surface area (Å²) in [5, 5.41) is 14.7. The Bertz CT molecular complexity index is 2000. The van der Waals surface area contributed by atoms with Crippen LogP contribution in [-0.4, -0.2) is 125 Å². The van der Waals surface area contributed by atoms with Crippen LogP contribution in [0.4, 0.5) is 18.0 Å². The lowest BCUT2D eigenvalue weighted by Gasteiger charge is -2.40. The van der Waals surface area contributed by atoms with Gasteiger partial charge in [-0.25, -0.2) is 27.6 Å². The predicted molar refractivity (Wildman–Crippen MR) is 213 cm³/mol. The maximum Gasteiger partial charge on any atom is 0.512 e. The maximum absolute atomic E-state index is 15.8. The highest BCUT2D eigenvalue weighted by atomic mass is 32.2. The van der Waals surface area contributed by atoms with Crippen molar-refractivity contribution in [1.82, 2.24) is 29.9 Å². The zero-order chi connectivity index (χ0) is 43.1. The van der Waals surface area contributed by atoms with Crippen LogP contribution in [0.25, 0.3) is 6.08 Å². The fourth-order valence-electron chi connectivity index (χ4n) is 6.43. The minimum absolute atomic E-state index is 0.137. The molecule has 1 amide bonds. The smallest absolute Gasteiger partial charge is 0.425 e. The summed E-state index contributed by atoms with van der Waals surface area (Å²) in [6.07, 6.45) is 5.04. The maximum atomic E-state index is 15.8. The van der Waals surface area contributed by atoms with Gasteiger partial charge in [0, 0.05) is 75.1 Å². The number of esters is 1. The van der Waals surface area contributed by atoms with Crippen molar-refractivity contribution >= 4 is 35.9 Å². The Kier molecular flexibility index (Phi) is 17.1. The lowest BCUT2D eigenvalue weighted by Crippen LogP contribution is -2.47. The van der Waals surface area contributed by atoms with E-state index in [0.29, 0.717) is 24.7 Å². The molecule has 2 saturated heterocycles. The molecule has 2 aliphatic rings. The highest BCUT2D eigenvalue weighted by Crippen LogP contribution is 2.42. The number of ether oxygens (including phenoxy) is 5. The molecule has 3 heterocycles. The van der Waals surface area contributed by atoms with E-state index in [2.05, 4.69) is 32.2 Å². The molecule has 0 aliphatic carbocycles. The Morgan fingerprint density at radius 3 is 2.48 bits per heavy atom. The van der Waals surface area contributed by atoms with Gasteiger partial charge in [-0.3, -0.25) is 14.5 Å². The normalized spacial score (nSPS) is 19.6. The fraction of sp³-hybridized carbons (Fsp3) is 0.463. The zero-order valence-corrected chi connectivity index (χ0v) is 34.3. The van der Waals surface area contributed by atoms with E-state index in [0.717, 1.165) is 44.4 Å². The molecule has 3 atom stereocenters. The van der Waals surface area contributed by atoms with Crippen LogP contribution in [0, 0.1) is 28.8 Å². The predicted octanol–water partition coefficient (Wildman–Crippen LogP) is 4.78. The summed E-state index contributed by atoms with van der Waals surface area (Å²) in [5.74, 6) is -3.52. The van der Waals surface area contributed by atoms with Gasteiger partial charge in [0.1, 0.15) is 30.1 Å². The molecule has 2 aromatic carbocycles. The zero-order valence-electron chi connectivity index (χ0n) is 33.5. The van der Waals surface area contributed by atoms with Crippen molar-refractivity contribution in [2.75, 3.05) is 59.5 Å². The number of carbonyl (C=O) groups is 3. The minimum atomic E-state index is -1.92. The second kappa shape index (κ2) is 22.4. The summed E-state index contributed by atoms with van der Waals surface area (Å²) in [6, 6.07) is 8.90. The van der Waals surface area contributed by atoms with E-state index in [4.69, 9.17) is 28.9 Å². The molecule has 19 heteroatoms. The number of piperazine rings is 1. The molecule has 1 N–H and O–H groups in total. The van der Waals surface area contributed by atoms with Gasteiger partial charge in [0.05, 0.1) is 43.1 Å². The number of thioether (sulfide) groups is 1. The Morgan fingerprint density at radius 1 is 1.03 bits per heavy atom. The largest absolute Gasteiger partial charge is 0.512 e. The molecule has 2 aliphatic heterocycles. The fourth-order valence-corrected chi connectivity index (χ4v) is 7.79. The monoisotopic (exact) mass is 855 g/mol. The first-order chi connectivity index (χ1) is 28.8. The summed E-state index contributed by atoms with van der Waals surface area (Å²) in [5.41, 5.74) is -1.59. The third kappa shape index (κ3) is 13.6. The van der Waals surface area contributed by atoms with Crippen LogP contribution in [0.5, 0.6) is 0 Å². The van der Waals surface area contributed by atoms with E-state index in [-0.39, 0.29) is 54.9 Å². The molecule has 0 radical (unpaired) electrons. The Balaban J connectivity index is 1.19. The molecule has 0 spiro atoms. The van der Waals surface area contributed by atoms with Crippen LogP contribution in [0.15, 0.2) is 67.3 Å². The second-order valence-corrected chi connectivity index (χ2v) is 15.8. The van der Waals surface area contributed by atoms with E-state index >= 15 is 4.39 Å². The number of amides is 1. The number of likely N-dealkylation sites (N-methyl/N-ethyl adjacent to an activating group) is 1. The van der Waals surface area contributed by atoms with Crippen molar-refractivity contribution < 1.29 is 51.2 Å². The number of benzene rings is 2. The number of rotatable bonds is 18. The first-order valence-electron chi connectivity index (χ1n) is 19.3. The van der Waals surface area contributed by atoms with Crippen molar-refractivity contribution in [3.63, 3.8) is 0 Å². The van der Waals surface area contributed by atoms with E-state index in [1.807, 2.05) is 6.07 Å². The summed E-state index contributed by atoms with van der Waals surface area (Å²) in [6.45, 7) is 7.87. The van der Waals surface area contributed by atoms with Crippen molar-refractivity contribution in [2.45, 2.75) is 61.9 Å². The summed E-state index contributed by atoms with van der Waals surface area (Å²) >= 11 is 1.25. The van der Waals surface area contributed by atoms with Crippen molar-refractivity contribution in [3.05, 3.63) is 101 Å². The average molecular weight is 856 g/mol. The van der Waals surface area contributed by atoms with Gasteiger partial charge >= 0.3 is 12.1 Å². The van der Waals surface area contributed by atoms with E-state index in [1.165, 1.54) is 54.2 Å². The van der Waals surface area contributed by atoms with Crippen LogP contribution >= 0.6 is 11.8 Å². The number of allylic oxidation sites excluding steroid dienone is 2. The van der Waals surface area contributed by atoms with Gasteiger partial charge in [0.25, 0.3) is 0 Å². The Labute approximate surface area is 350 Å². The van der Waals surface area contributed by atoms with Crippen LogP contribution in [0.1, 0.15) is 43.4 Å². The molecular formula is C41H48F3N7O8S. The van der Waals surface area contributed by atoms with Gasteiger partial charge in [-0.05, 0) is 44.3 Å². The molecule has 0 saturated carbocycles. The van der Waals surface area contributed by atoms with Gasteiger partial charge in [-0.15, -0.1) is 11.8 Å². The number of aromatic nitrogens is 3. The van der Waals surface area contributed by atoms with Crippen LogP contribution in [0.3, 0.4) is 0 Å². The molecule has 322 valence electrons. The SMILES string of the molecule is CC(OC(=O)CCC(=O)NCCN1CCN(C)CC1)OC(=O)O[C@@](Cn1cncn1)(c1ccc(F)cc1F)[C@@H](C)SC1COC(/C=C/C=C/c2ccc(C#N)cc2F)OC1. The summed E-state index contributed by atoms with van der Waals surface area (Å²) in [7, 11) is 2.06. The van der Waals surface area contributed by atoms with Crippen molar-refractivity contribution in [3.8, 4) is 6.07 Å². The number of halogens is 3. The van der Waals surface area contributed by atoms with Crippen LogP contribution < -0.4 is 5.32 Å². The number of nitrogens with one attached hydrogen (secondary N) is 1. The molecule has 15 nitrogen and oxygen atoms in total. The molecule has 1 unspecified atom stereocenters. The highest BCUT2D eigenvalue weighted by Gasteiger charge is 2.47. The first-order valence-corrected chi connectivity index (χ1v) is 20.3. The number of hydrogen-bond donors (Lipinski definition) is 1. The molecule has 3 aromatic rings. The third-order valence-corrected chi connectivity index (χ3v) is 11.2. The van der Waals surface area contributed by atoms with E-state index in [1.54, 1.807) is 25.2 Å². The van der Waals surface area contributed by atoms with Gasteiger partial charge in [-0.1, -0.05) is 24.3 Å². The lowest BCUT2D eigenvalue weighted by atomic mass is 9.89. The molecule has 5 rings (SSSR count). The number of hydrogen-bond acceptors (Lipinski definition) is 14. The van der Waals surface area contributed by atoms with Gasteiger partial charge in [0.15, 0.2) is 11.9 Å². The molecular weight excluding hydrogens is 808 g/mol. The standard InChI is InChI=1S/C41H48F3N7O8S/c1-28(60-33-23-55-39(56-24-33)7-5-4-6-31-9-8-30(22-45)20-35(31)43)41(25-51-27-46-26-48-51,34-11-10-32(42)21-36(34)44)59-40(54)58-29(2)57-38(53)13-12-37(52)47-14-15-50-18-16-49(3)17-19-50/h4-11,20-21,26-29,33,39H,12-19,23-25H2,1-3H3,(H,47,52)/b6-4+,7-5+/t28-,29?,33?,39?,41-/m1/s1. The topological polar surface area (TPSA) is 170 Å². The molecule has 60 heavy (non-hydrogen) atoms. The number of nitrogens with zero attached hydrogens (tertiary/aromatic N) is 6. The number of nitriles is 1. The lowest BCUT2D eigenvalue weighted by molar-refractivity contribution is -0.172. The van der Waals surface area contributed by atoms with Crippen molar-refractivity contribution in [1.29, 1.82) is 5.26 Å². The summed E-state index contributed by atoms with van der Waals surface area (Å²) < 4.78 is 73.8. The molecule has 1 aromatic heterocycles. The second-order valence-electron chi connectivity index (χ2n) is 14.2. The van der Waals surface area contributed by atoms with E-state index < -0.39 is 53.0 Å². The van der Waals surface area contributed by atoms with Gasteiger partial charge in [0.2, 0.25) is 12.2 Å². The van der Waals surface area contributed by atoms with Crippen molar-refractivity contribution in [2.24, 2.45) is 0 Å². The molecule has 0 bridgehead atoms. The first kappa shape index (κ1) is 45.8.